The number of hydrogen-bond acceptors (Lipinski definition) is 0. The molecule has 0 spiro atoms. The molecule has 0 N–H and O–H groups in total. The van der Waals surface area contributed by atoms with E-state index in [-0.39, 0.29) is 0 Å². The van der Waals surface area contributed by atoms with Crippen LogP contribution in [0.25, 0.3) is 0 Å². The Morgan fingerprint density at radius 3 is 2.45 bits per heavy atom. The van der Waals surface area contributed by atoms with Gasteiger partial charge in [0.25, 0.3) is 0 Å². The van der Waals surface area contributed by atoms with Gasteiger partial charge >= 0.3 is 0 Å². The van der Waals surface area contributed by atoms with Crippen molar-refractivity contribution in [3.8, 4) is 0 Å². The number of aromatic nitrogens is 2. The molecule has 0 aliphatic rings. The summed E-state index contributed by atoms with van der Waals surface area (Å²) in [4.78, 5) is 0. The Hall–Kier alpha value is -0.790. The minimum atomic E-state index is 0.633. The van der Waals surface area contributed by atoms with Crippen molar-refractivity contribution >= 4 is 0 Å². The van der Waals surface area contributed by atoms with Gasteiger partial charge in [-0.05, 0) is 12.8 Å². The van der Waals surface area contributed by atoms with E-state index in [0.717, 1.165) is 6.54 Å². The summed E-state index contributed by atoms with van der Waals surface area (Å²) in [5.41, 5.74) is 1.41. The van der Waals surface area contributed by atoms with Gasteiger partial charge in [0, 0.05) is 5.56 Å². The third-order valence-electron chi connectivity index (χ3n) is 2.03. The molecule has 0 aliphatic carbocycles. The lowest BCUT2D eigenvalue weighted by Gasteiger charge is -1.93. The van der Waals surface area contributed by atoms with E-state index in [1.807, 2.05) is 0 Å². The zero-order valence-corrected chi connectivity index (χ0v) is 7.83. The van der Waals surface area contributed by atoms with Crippen LogP contribution >= 0.6 is 0 Å². The minimum Gasteiger partial charge on any atom is -0.161 e. The molecule has 2 nitrogen and oxygen atoms in total. The summed E-state index contributed by atoms with van der Waals surface area (Å²) in [6, 6.07) is 0. The molecule has 0 saturated carbocycles. The molecular formula is C9H17N2+. The Morgan fingerprint density at radius 2 is 2.18 bits per heavy atom. The Bertz CT molecular complexity index is 236. The van der Waals surface area contributed by atoms with Gasteiger partial charge in [0.1, 0.15) is 0 Å². The summed E-state index contributed by atoms with van der Waals surface area (Å²) in [5, 5.41) is 0. The monoisotopic (exact) mass is 153 g/mol. The largest absolute Gasteiger partial charge is 0.198 e. The number of aryl methyl sites for hydroxylation is 2. The fourth-order valence-corrected chi connectivity index (χ4v) is 1.20. The van der Waals surface area contributed by atoms with E-state index in [1.54, 1.807) is 0 Å². The number of rotatable bonds is 2. The van der Waals surface area contributed by atoms with Crippen LogP contribution in [0.2, 0.25) is 0 Å². The highest BCUT2D eigenvalue weighted by Gasteiger charge is 2.09. The van der Waals surface area contributed by atoms with Gasteiger partial charge in [-0.3, -0.25) is 0 Å². The Kier molecular flexibility index (Phi) is 2.32. The summed E-state index contributed by atoms with van der Waals surface area (Å²) < 4.78 is 4.34. The molecule has 1 aromatic heterocycles. The molecule has 0 aromatic carbocycles. The van der Waals surface area contributed by atoms with Crippen molar-refractivity contribution in [1.29, 1.82) is 0 Å². The molecule has 0 radical (unpaired) electrons. The van der Waals surface area contributed by atoms with E-state index in [1.165, 1.54) is 5.56 Å². The zero-order valence-electron chi connectivity index (χ0n) is 7.83. The first kappa shape index (κ1) is 8.31. The van der Waals surface area contributed by atoms with E-state index in [4.69, 9.17) is 0 Å². The molecule has 62 valence electrons. The summed E-state index contributed by atoms with van der Waals surface area (Å²) in [6.45, 7) is 7.64. The quantitative estimate of drug-likeness (QED) is 0.569. The second kappa shape index (κ2) is 3.07. The lowest BCUT2D eigenvalue weighted by Crippen LogP contribution is -2.37. The van der Waals surface area contributed by atoms with Gasteiger partial charge in [-0.1, -0.05) is 13.8 Å². The normalized spacial score (nSPS) is 11.0. The summed E-state index contributed by atoms with van der Waals surface area (Å²) in [5.74, 6) is 0.633. The topological polar surface area (TPSA) is 8.81 Å². The second-order valence-corrected chi connectivity index (χ2v) is 3.24. The number of hydrogen-bond donors (Lipinski definition) is 0. The Morgan fingerprint density at radius 1 is 1.55 bits per heavy atom. The summed E-state index contributed by atoms with van der Waals surface area (Å²) in [7, 11) is 2.08. The van der Waals surface area contributed by atoms with Crippen LogP contribution in [0.3, 0.4) is 0 Å². The minimum absolute atomic E-state index is 0.633. The molecule has 1 aromatic rings. The van der Waals surface area contributed by atoms with Crippen LogP contribution in [-0.2, 0) is 13.6 Å². The summed E-state index contributed by atoms with van der Waals surface area (Å²) >= 11 is 0. The average molecular weight is 153 g/mol. The first-order valence-corrected chi connectivity index (χ1v) is 4.21. The molecule has 0 unspecified atom stereocenters. The predicted molar refractivity (Wildman–Crippen MR) is 45.4 cm³/mol. The van der Waals surface area contributed by atoms with Crippen LogP contribution in [0.15, 0.2) is 12.4 Å². The maximum absolute atomic E-state index is 2.22. The maximum atomic E-state index is 2.22. The fraction of sp³-hybridized carbons (Fsp3) is 0.667. The van der Waals surface area contributed by atoms with Crippen molar-refractivity contribution in [2.45, 2.75) is 33.2 Å². The predicted octanol–water partition coefficient (Wildman–Crippen LogP) is 1.46. The lowest BCUT2D eigenvalue weighted by atomic mass is 10.1. The van der Waals surface area contributed by atoms with Crippen molar-refractivity contribution < 1.29 is 4.68 Å². The van der Waals surface area contributed by atoms with E-state index in [0.29, 0.717) is 5.92 Å². The Balaban J connectivity index is 2.95. The van der Waals surface area contributed by atoms with Gasteiger partial charge in [0.05, 0.1) is 12.7 Å². The van der Waals surface area contributed by atoms with Gasteiger partial charge in [-0.15, -0.1) is 4.68 Å². The third-order valence-corrected chi connectivity index (χ3v) is 2.03. The van der Waals surface area contributed by atoms with E-state index < -0.39 is 0 Å². The van der Waals surface area contributed by atoms with E-state index >= 15 is 0 Å². The highest BCUT2D eigenvalue weighted by molar-refractivity contribution is 5.05. The van der Waals surface area contributed by atoms with Crippen molar-refractivity contribution in [3.63, 3.8) is 0 Å². The molecular weight excluding hydrogens is 136 g/mol. The van der Waals surface area contributed by atoms with Crippen molar-refractivity contribution in [1.82, 2.24) is 4.68 Å². The standard InChI is InChI=1S/C9H17N2/c1-5-11-7-9(8(2)3)6-10(11)4/h6-8H,5H2,1-4H3/q+1. The Labute approximate surface area is 68.4 Å². The molecule has 1 rings (SSSR count). The molecule has 0 bridgehead atoms. The molecule has 0 fully saturated rings. The second-order valence-electron chi connectivity index (χ2n) is 3.24. The molecule has 0 atom stereocenters. The molecule has 2 heteroatoms. The van der Waals surface area contributed by atoms with Gasteiger partial charge in [-0.25, -0.2) is 0 Å². The van der Waals surface area contributed by atoms with Crippen LogP contribution in [0.4, 0.5) is 0 Å². The zero-order chi connectivity index (χ0) is 8.43. The number of nitrogens with zero attached hydrogens (tertiary/aromatic N) is 2. The van der Waals surface area contributed by atoms with Crippen molar-refractivity contribution in [2.75, 3.05) is 0 Å². The van der Waals surface area contributed by atoms with Crippen LogP contribution in [0, 0.1) is 0 Å². The first-order chi connectivity index (χ1) is 5.15. The van der Waals surface area contributed by atoms with E-state index in [9.17, 15) is 0 Å². The smallest absolute Gasteiger partial charge is 0.161 e. The van der Waals surface area contributed by atoms with E-state index in [2.05, 4.69) is 49.6 Å². The van der Waals surface area contributed by atoms with Gasteiger partial charge in [0.15, 0.2) is 13.2 Å². The van der Waals surface area contributed by atoms with Crippen LogP contribution in [-0.4, -0.2) is 4.68 Å². The van der Waals surface area contributed by atoms with Gasteiger partial charge < -0.3 is 0 Å². The molecule has 0 aliphatic heterocycles. The first-order valence-electron chi connectivity index (χ1n) is 4.21. The van der Waals surface area contributed by atoms with Crippen LogP contribution < -0.4 is 4.68 Å². The van der Waals surface area contributed by atoms with Crippen LogP contribution in [0.1, 0.15) is 32.3 Å². The molecule has 1 heterocycles. The third kappa shape index (κ3) is 1.62. The SMILES string of the molecule is CCn1cc(C(C)C)c[n+]1C. The highest BCUT2D eigenvalue weighted by Crippen LogP contribution is 2.10. The molecule has 0 amide bonds. The van der Waals surface area contributed by atoms with Gasteiger partial charge in [-0.2, -0.15) is 4.68 Å². The lowest BCUT2D eigenvalue weighted by molar-refractivity contribution is -0.753. The van der Waals surface area contributed by atoms with Gasteiger partial charge in [0.2, 0.25) is 0 Å². The maximum Gasteiger partial charge on any atom is 0.198 e. The van der Waals surface area contributed by atoms with Crippen molar-refractivity contribution in [2.24, 2.45) is 7.05 Å². The average Bonchev–Trinajstić information content (AvgIpc) is 2.31. The van der Waals surface area contributed by atoms with Crippen molar-refractivity contribution in [3.05, 3.63) is 18.0 Å². The summed E-state index contributed by atoms with van der Waals surface area (Å²) in [6.07, 6.45) is 4.40. The molecule has 0 saturated heterocycles. The molecule has 11 heavy (non-hydrogen) atoms. The fourth-order valence-electron chi connectivity index (χ4n) is 1.20. The van der Waals surface area contributed by atoms with Crippen LogP contribution in [0.5, 0.6) is 0 Å². The highest BCUT2D eigenvalue weighted by atomic mass is 15.4.